The largest absolute Gasteiger partial charge is 0.464 e. The van der Waals surface area contributed by atoms with Gasteiger partial charge in [-0.25, -0.2) is 4.98 Å². The third-order valence-electron chi connectivity index (χ3n) is 2.83. The number of nitrogens with one attached hydrogen (secondary N) is 1. The smallest absolute Gasteiger partial charge is 0.139 e. The van der Waals surface area contributed by atoms with E-state index in [1.165, 1.54) is 0 Å². The molecule has 78 valence electrons. The number of aromatic nitrogens is 1. The molecule has 1 fully saturated rings. The summed E-state index contributed by atoms with van der Waals surface area (Å²) in [6.45, 7) is 0. The summed E-state index contributed by atoms with van der Waals surface area (Å²) in [6, 6.07) is 4.09. The van der Waals surface area contributed by atoms with E-state index >= 15 is 0 Å². The number of hydrogen-bond donors (Lipinski definition) is 2. The number of aliphatic hydroxyl groups excluding tert-OH is 1. The van der Waals surface area contributed by atoms with Gasteiger partial charge < -0.3 is 14.8 Å². The lowest BCUT2D eigenvalue weighted by molar-refractivity contribution is 0.0836. The Kier molecular flexibility index (Phi) is 1.89. The first-order valence-electron chi connectivity index (χ1n) is 5.10. The van der Waals surface area contributed by atoms with Gasteiger partial charge in [0.15, 0.2) is 0 Å². The van der Waals surface area contributed by atoms with E-state index in [0.29, 0.717) is 6.04 Å². The topological polar surface area (TPSA) is 58.3 Å². The van der Waals surface area contributed by atoms with Gasteiger partial charge in [-0.2, -0.15) is 0 Å². The minimum atomic E-state index is -0.147. The summed E-state index contributed by atoms with van der Waals surface area (Å²) in [5, 5.41) is 13.5. The molecular weight excluding hydrogens is 192 g/mol. The second kappa shape index (κ2) is 3.24. The van der Waals surface area contributed by atoms with E-state index in [1.807, 2.05) is 12.1 Å². The zero-order valence-electron chi connectivity index (χ0n) is 8.18. The maximum absolute atomic E-state index is 9.19. The summed E-state index contributed by atoms with van der Waals surface area (Å²) in [4.78, 5) is 4.27. The summed E-state index contributed by atoms with van der Waals surface area (Å²) in [5.74, 6) is 0.846. The van der Waals surface area contributed by atoms with Gasteiger partial charge in [0.2, 0.25) is 0 Å². The van der Waals surface area contributed by atoms with Crippen molar-refractivity contribution in [3.8, 4) is 0 Å². The van der Waals surface area contributed by atoms with Crippen LogP contribution in [0.2, 0.25) is 0 Å². The van der Waals surface area contributed by atoms with Crippen molar-refractivity contribution < 1.29 is 9.52 Å². The number of rotatable bonds is 2. The monoisotopic (exact) mass is 204 g/mol. The van der Waals surface area contributed by atoms with Gasteiger partial charge in [-0.05, 0) is 25.0 Å². The molecule has 0 atom stereocenters. The molecule has 4 heteroatoms. The molecule has 0 aliphatic heterocycles. The van der Waals surface area contributed by atoms with E-state index in [4.69, 9.17) is 4.42 Å². The van der Waals surface area contributed by atoms with E-state index in [0.717, 1.165) is 29.6 Å². The molecule has 2 aromatic rings. The third kappa shape index (κ3) is 1.47. The summed E-state index contributed by atoms with van der Waals surface area (Å²) >= 11 is 0. The fraction of sp³-hybridized carbons (Fsp3) is 0.364. The van der Waals surface area contributed by atoms with Gasteiger partial charge in [-0.3, -0.25) is 0 Å². The Bertz CT molecular complexity index is 474. The maximum atomic E-state index is 9.19. The van der Waals surface area contributed by atoms with Gasteiger partial charge in [-0.1, -0.05) is 0 Å². The molecule has 0 aromatic carbocycles. The number of pyridine rings is 1. The van der Waals surface area contributed by atoms with Gasteiger partial charge in [0, 0.05) is 12.2 Å². The molecule has 0 spiro atoms. The molecule has 1 aliphatic rings. The van der Waals surface area contributed by atoms with Crippen LogP contribution in [0, 0.1) is 0 Å². The highest BCUT2D eigenvalue weighted by Crippen LogP contribution is 2.27. The van der Waals surface area contributed by atoms with E-state index in [-0.39, 0.29) is 6.10 Å². The molecule has 0 unspecified atom stereocenters. The van der Waals surface area contributed by atoms with Crippen molar-refractivity contribution in [2.24, 2.45) is 0 Å². The summed E-state index contributed by atoms with van der Waals surface area (Å²) < 4.78 is 5.28. The molecule has 1 aliphatic carbocycles. The van der Waals surface area contributed by atoms with E-state index in [1.54, 1.807) is 12.5 Å². The van der Waals surface area contributed by atoms with Crippen LogP contribution in [0.3, 0.4) is 0 Å². The molecule has 15 heavy (non-hydrogen) atoms. The molecule has 2 N–H and O–H groups in total. The highest BCUT2D eigenvalue weighted by atomic mass is 16.3. The Hall–Kier alpha value is -1.55. The molecule has 3 rings (SSSR count). The highest BCUT2D eigenvalue weighted by Gasteiger charge is 2.27. The standard InChI is InChI=1S/C11H12N2O2/c14-8-5-7(6-8)13-11-9-2-4-15-10(9)1-3-12-11/h1-4,7-8,14H,5-6H2,(H,12,13). The summed E-state index contributed by atoms with van der Waals surface area (Å²) in [7, 11) is 0. The molecule has 1 saturated carbocycles. The fourth-order valence-corrected chi connectivity index (χ4v) is 1.91. The Morgan fingerprint density at radius 2 is 2.27 bits per heavy atom. The van der Waals surface area contributed by atoms with Crippen molar-refractivity contribution in [2.45, 2.75) is 25.0 Å². The SMILES string of the molecule is OC1CC(Nc2nccc3occc23)C1. The van der Waals surface area contributed by atoms with Gasteiger partial charge in [0.1, 0.15) is 11.4 Å². The lowest BCUT2D eigenvalue weighted by Crippen LogP contribution is -2.39. The molecule has 0 bridgehead atoms. The van der Waals surface area contributed by atoms with E-state index in [2.05, 4.69) is 10.3 Å². The predicted octanol–water partition coefficient (Wildman–Crippen LogP) is 1.76. The van der Waals surface area contributed by atoms with Crippen LogP contribution in [0.25, 0.3) is 11.0 Å². The van der Waals surface area contributed by atoms with Crippen molar-refractivity contribution in [3.05, 3.63) is 24.6 Å². The Morgan fingerprint density at radius 1 is 1.40 bits per heavy atom. The molecule has 0 radical (unpaired) electrons. The maximum Gasteiger partial charge on any atom is 0.139 e. The van der Waals surface area contributed by atoms with Crippen molar-refractivity contribution in [1.82, 2.24) is 4.98 Å². The average Bonchev–Trinajstić information content (AvgIpc) is 2.64. The normalized spacial score (nSPS) is 25.1. The van der Waals surface area contributed by atoms with Crippen LogP contribution in [0.4, 0.5) is 5.82 Å². The van der Waals surface area contributed by atoms with Crippen molar-refractivity contribution >= 4 is 16.8 Å². The third-order valence-corrected chi connectivity index (χ3v) is 2.83. The van der Waals surface area contributed by atoms with Gasteiger partial charge in [-0.15, -0.1) is 0 Å². The van der Waals surface area contributed by atoms with Crippen LogP contribution in [-0.4, -0.2) is 22.2 Å². The minimum Gasteiger partial charge on any atom is -0.464 e. The van der Waals surface area contributed by atoms with Crippen LogP contribution >= 0.6 is 0 Å². The van der Waals surface area contributed by atoms with Gasteiger partial charge in [0.25, 0.3) is 0 Å². The van der Waals surface area contributed by atoms with Crippen molar-refractivity contribution in [2.75, 3.05) is 5.32 Å². The predicted molar refractivity (Wildman–Crippen MR) is 56.7 cm³/mol. The van der Waals surface area contributed by atoms with Gasteiger partial charge in [0.05, 0.1) is 17.8 Å². The highest BCUT2D eigenvalue weighted by molar-refractivity contribution is 5.87. The van der Waals surface area contributed by atoms with Crippen molar-refractivity contribution in [3.63, 3.8) is 0 Å². The molecule has 2 heterocycles. The first kappa shape index (κ1) is 8.73. The number of aliphatic hydroxyl groups is 1. The van der Waals surface area contributed by atoms with Crippen LogP contribution < -0.4 is 5.32 Å². The van der Waals surface area contributed by atoms with Crippen molar-refractivity contribution in [1.29, 1.82) is 0 Å². The fourth-order valence-electron chi connectivity index (χ4n) is 1.91. The Morgan fingerprint density at radius 3 is 3.07 bits per heavy atom. The Balaban J connectivity index is 1.87. The number of furan rings is 1. The van der Waals surface area contributed by atoms with Crippen LogP contribution in [0.5, 0.6) is 0 Å². The summed E-state index contributed by atoms with van der Waals surface area (Å²) in [5.41, 5.74) is 0.840. The first-order chi connectivity index (χ1) is 7.33. The number of hydrogen-bond acceptors (Lipinski definition) is 4. The first-order valence-corrected chi connectivity index (χ1v) is 5.10. The molecule has 4 nitrogen and oxygen atoms in total. The molecule has 0 amide bonds. The molecular formula is C11H12N2O2. The lowest BCUT2D eigenvalue weighted by Gasteiger charge is -2.32. The van der Waals surface area contributed by atoms with Crippen LogP contribution in [0.1, 0.15) is 12.8 Å². The van der Waals surface area contributed by atoms with Crippen LogP contribution in [-0.2, 0) is 0 Å². The minimum absolute atomic E-state index is 0.147. The second-order valence-corrected chi connectivity index (χ2v) is 3.96. The lowest BCUT2D eigenvalue weighted by atomic mass is 9.89. The van der Waals surface area contributed by atoms with Gasteiger partial charge >= 0.3 is 0 Å². The average molecular weight is 204 g/mol. The number of anilines is 1. The Labute approximate surface area is 86.9 Å². The number of nitrogens with zero attached hydrogens (tertiary/aromatic N) is 1. The zero-order valence-corrected chi connectivity index (χ0v) is 8.18. The second-order valence-electron chi connectivity index (χ2n) is 3.96. The van der Waals surface area contributed by atoms with E-state index in [9.17, 15) is 5.11 Å². The molecule has 0 saturated heterocycles. The molecule has 2 aromatic heterocycles. The zero-order chi connectivity index (χ0) is 10.3. The van der Waals surface area contributed by atoms with Crippen LogP contribution in [0.15, 0.2) is 29.0 Å². The summed E-state index contributed by atoms with van der Waals surface area (Å²) in [6.07, 6.45) is 4.84. The number of fused-ring (bicyclic) bond motifs is 1. The quantitative estimate of drug-likeness (QED) is 0.782. The van der Waals surface area contributed by atoms with E-state index < -0.39 is 0 Å².